The van der Waals surface area contributed by atoms with Crippen LogP contribution in [-0.2, 0) is 9.59 Å². The van der Waals surface area contributed by atoms with E-state index >= 15 is 0 Å². The van der Waals surface area contributed by atoms with Crippen molar-refractivity contribution in [1.29, 1.82) is 0 Å². The lowest BCUT2D eigenvalue weighted by Gasteiger charge is -2.45. The first-order valence-corrected chi connectivity index (χ1v) is 6.40. The van der Waals surface area contributed by atoms with Gasteiger partial charge < -0.3 is 5.11 Å². The molecule has 1 rings (SSSR count). The van der Waals surface area contributed by atoms with Crippen LogP contribution in [0.5, 0.6) is 0 Å². The molecule has 0 aromatic carbocycles. The van der Waals surface area contributed by atoms with Crippen LogP contribution in [0.1, 0.15) is 41.0 Å². The standard InChI is InChI=1S/C16H22O3/c1-11(8-14(18)19)6-7-16(5)12(2)9-13(17)10-15(16,3)4/h6-9H,10H2,1-5H3,(H,18,19)/b7-6+,11-8-/t16-/m0/s1. The first-order chi connectivity index (χ1) is 8.58. The van der Waals surface area contributed by atoms with Gasteiger partial charge in [0.15, 0.2) is 5.78 Å². The van der Waals surface area contributed by atoms with Gasteiger partial charge in [-0.05, 0) is 30.9 Å². The SMILES string of the molecule is CC1=CC(=O)CC(C)(C)[C@@]1(C)/C=C/C(C)=C\C(=O)O. The van der Waals surface area contributed by atoms with Crippen molar-refractivity contribution in [1.82, 2.24) is 0 Å². The molecular weight excluding hydrogens is 240 g/mol. The Morgan fingerprint density at radius 2 is 1.95 bits per heavy atom. The first kappa shape index (κ1) is 15.4. The van der Waals surface area contributed by atoms with E-state index in [9.17, 15) is 9.59 Å². The molecule has 0 spiro atoms. The molecule has 1 N–H and O–H groups in total. The molecule has 1 aliphatic rings. The Morgan fingerprint density at radius 1 is 1.37 bits per heavy atom. The van der Waals surface area contributed by atoms with Crippen molar-refractivity contribution in [3.8, 4) is 0 Å². The summed E-state index contributed by atoms with van der Waals surface area (Å²) in [6, 6.07) is 0. The van der Waals surface area contributed by atoms with Crippen LogP contribution in [0.4, 0.5) is 0 Å². The molecule has 1 aliphatic carbocycles. The molecule has 3 heteroatoms. The number of hydrogen-bond acceptors (Lipinski definition) is 2. The molecule has 104 valence electrons. The molecule has 0 amide bonds. The molecular formula is C16H22O3. The van der Waals surface area contributed by atoms with Gasteiger partial charge in [-0.2, -0.15) is 0 Å². The van der Waals surface area contributed by atoms with E-state index in [0.717, 1.165) is 5.57 Å². The van der Waals surface area contributed by atoms with Gasteiger partial charge in [-0.25, -0.2) is 4.79 Å². The third-order valence-electron chi connectivity index (χ3n) is 4.25. The fraction of sp³-hybridized carbons (Fsp3) is 0.500. The number of ketones is 1. The van der Waals surface area contributed by atoms with Crippen LogP contribution >= 0.6 is 0 Å². The molecule has 19 heavy (non-hydrogen) atoms. The fourth-order valence-electron chi connectivity index (χ4n) is 2.49. The van der Waals surface area contributed by atoms with Crippen molar-refractivity contribution in [2.24, 2.45) is 10.8 Å². The molecule has 0 fully saturated rings. The van der Waals surface area contributed by atoms with Crippen LogP contribution in [0.15, 0.2) is 35.5 Å². The highest BCUT2D eigenvalue weighted by atomic mass is 16.4. The Bertz CT molecular complexity index is 492. The summed E-state index contributed by atoms with van der Waals surface area (Å²) in [5.74, 6) is -0.788. The summed E-state index contributed by atoms with van der Waals surface area (Å²) in [7, 11) is 0. The molecule has 0 bridgehead atoms. The van der Waals surface area contributed by atoms with Gasteiger partial charge in [0, 0.05) is 17.9 Å². The highest BCUT2D eigenvalue weighted by Crippen LogP contribution is 2.50. The highest BCUT2D eigenvalue weighted by Gasteiger charge is 2.44. The van der Waals surface area contributed by atoms with Crippen LogP contribution < -0.4 is 0 Å². The lowest BCUT2D eigenvalue weighted by Crippen LogP contribution is -2.39. The van der Waals surface area contributed by atoms with Crippen molar-refractivity contribution in [2.75, 3.05) is 0 Å². The number of allylic oxidation sites excluding steroid dienone is 5. The van der Waals surface area contributed by atoms with Crippen molar-refractivity contribution in [3.63, 3.8) is 0 Å². The van der Waals surface area contributed by atoms with Crippen molar-refractivity contribution < 1.29 is 14.7 Å². The first-order valence-electron chi connectivity index (χ1n) is 6.40. The van der Waals surface area contributed by atoms with Gasteiger partial charge in [-0.3, -0.25) is 4.79 Å². The lowest BCUT2D eigenvalue weighted by molar-refractivity contribution is -0.131. The van der Waals surface area contributed by atoms with Crippen LogP contribution in [0.3, 0.4) is 0 Å². The average Bonchev–Trinajstić information content (AvgIpc) is 2.21. The van der Waals surface area contributed by atoms with E-state index in [4.69, 9.17) is 5.11 Å². The van der Waals surface area contributed by atoms with Gasteiger partial charge in [-0.15, -0.1) is 0 Å². The number of carbonyl (C=O) groups is 2. The van der Waals surface area contributed by atoms with Gasteiger partial charge in [-0.1, -0.05) is 38.5 Å². The number of rotatable bonds is 3. The second-order valence-corrected chi connectivity index (χ2v) is 6.12. The molecule has 0 aliphatic heterocycles. The topological polar surface area (TPSA) is 54.4 Å². The third kappa shape index (κ3) is 3.22. The van der Waals surface area contributed by atoms with Crippen LogP contribution in [0, 0.1) is 10.8 Å². The molecule has 0 radical (unpaired) electrons. The van der Waals surface area contributed by atoms with Crippen molar-refractivity contribution in [3.05, 3.63) is 35.5 Å². The van der Waals surface area contributed by atoms with E-state index in [-0.39, 0.29) is 16.6 Å². The van der Waals surface area contributed by atoms with Crippen LogP contribution in [0.25, 0.3) is 0 Å². The fourth-order valence-corrected chi connectivity index (χ4v) is 2.49. The van der Waals surface area contributed by atoms with E-state index < -0.39 is 5.97 Å². The summed E-state index contributed by atoms with van der Waals surface area (Å²) in [5, 5.41) is 8.71. The number of hydrogen-bond donors (Lipinski definition) is 1. The Balaban J connectivity index is 3.15. The summed E-state index contributed by atoms with van der Waals surface area (Å²) in [4.78, 5) is 22.3. The van der Waals surface area contributed by atoms with Gasteiger partial charge in [0.1, 0.15) is 0 Å². The zero-order valence-corrected chi connectivity index (χ0v) is 12.3. The minimum Gasteiger partial charge on any atom is -0.478 e. The highest BCUT2D eigenvalue weighted by molar-refractivity contribution is 5.92. The molecule has 3 nitrogen and oxygen atoms in total. The van der Waals surface area contributed by atoms with E-state index in [2.05, 4.69) is 20.8 Å². The second kappa shape index (κ2) is 5.16. The Morgan fingerprint density at radius 3 is 2.42 bits per heavy atom. The summed E-state index contributed by atoms with van der Waals surface area (Å²) >= 11 is 0. The van der Waals surface area contributed by atoms with E-state index in [0.29, 0.717) is 12.0 Å². The molecule has 0 aromatic heterocycles. The lowest BCUT2D eigenvalue weighted by atomic mass is 9.58. The Labute approximate surface area is 114 Å². The van der Waals surface area contributed by atoms with Gasteiger partial charge >= 0.3 is 5.97 Å². The summed E-state index contributed by atoms with van der Waals surface area (Å²) in [6.45, 7) is 9.95. The van der Waals surface area contributed by atoms with Crippen molar-refractivity contribution in [2.45, 2.75) is 41.0 Å². The van der Waals surface area contributed by atoms with Gasteiger partial charge in [0.2, 0.25) is 0 Å². The van der Waals surface area contributed by atoms with E-state index in [1.807, 2.05) is 19.1 Å². The number of aliphatic carboxylic acids is 1. The summed E-state index contributed by atoms with van der Waals surface area (Å²) in [6.07, 6.45) is 7.22. The summed E-state index contributed by atoms with van der Waals surface area (Å²) < 4.78 is 0. The molecule has 0 aromatic rings. The monoisotopic (exact) mass is 262 g/mol. The quantitative estimate of drug-likeness (QED) is 0.625. The minimum atomic E-state index is -0.947. The maximum atomic E-state index is 11.7. The normalized spacial score (nSPS) is 27.5. The number of carboxylic acid groups (broad SMARTS) is 1. The predicted molar refractivity (Wildman–Crippen MR) is 75.8 cm³/mol. The summed E-state index contributed by atoms with van der Waals surface area (Å²) in [5.41, 5.74) is 1.29. The van der Waals surface area contributed by atoms with Crippen LogP contribution in [-0.4, -0.2) is 16.9 Å². The maximum absolute atomic E-state index is 11.7. The maximum Gasteiger partial charge on any atom is 0.328 e. The molecule has 0 unspecified atom stereocenters. The van der Waals surface area contributed by atoms with E-state index in [1.54, 1.807) is 13.0 Å². The third-order valence-corrected chi connectivity index (χ3v) is 4.25. The zero-order chi connectivity index (χ0) is 14.8. The Kier molecular flexibility index (Phi) is 4.18. The van der Waals surface area contributed by atoms with E-state index in [1.165, 1.54) is 6.08 Å². The largest absolute Gasteiger partial charge is 0.478 e. The zero-order valence-electron chi connectivity index (χ0n) is 12.3. The second-order valence-electron chi connectivity index (χ2n) is 6.12. The Hall–Kier alpha value is -1.64. The van der Waals surface area contributed by atoms with Crippen LogP contribution in [0.2, 0.25) is 0 Å². The number of carbonyl (C=O) groups excluding carboxylic acids is 1. The predicted octanol–water partition coefficient (Wildman–Crippen LogP) is 3.53. The number of carboxylic acids is 1. The van der Waals surface area contributed by atoms with Crippen molar-refractivity contribution >= 4 is 11.8 Å². The molecule has 0 saturated heterocycles. The van der Waals surface area contributed by atoms with Gasteiger partial charge in [0.25, 0.3) is 0 Å². The minimum absolute atomic E-state index is 0.158. The molecule has 0 heterocycles. The molecule has 0 saturated carbocycles. The average molecular weight is 262 g/mol. The molecule has 1 atom stereocenters. The van der Waals surface area contributed by atoms with Gasteiger partial charge in [0.05, 0.1) is 0 Å². The smallest absolute Gasteiger partial charge is 0.328 e.